The van der Waals surface area contributed by atoms with Crippen LogP contribution in [0.3, 0.4) is 0 Å². The second-order valence-electron chi connectivity index (χ2n) is 13.7. The molecular weight excluding hydrogens is 669 g/mol. The van der Waals surface area contributed by atoms with Gasteiger partial charge in [-0.1, -0.05) is 71.8 Å². The number of phenols is 1. The molecule has 0 saturated carbocycles. The van der Waals surface area contributed by atoms with Gasteiger partial charge in [0.15, 0.2) is 0 Å². The molecule has 5 aromatic rings. The van der Waals surface area contributed by atoms with Crippen molar-refractivity contribution >= 4 is 20.2 Å². The van der Waals surface area contributed by atoms with E-state index in [0.717, 1.165) is 28.3 Å². The first kappa shape index (κ1) is 37.0. The van der Waals surface area contributed by atoms with Crippen LogP contribution in [0.4, 0.5) is 0 Å². The van der Waals surface area contributed by atoms with Crippen LogP contribution < -0.4 is 0 Å². The van der Waals surface area contributed by atoms with Crippen LogP contribution in [0.2, 0.25) is 0 Å². The molecule has 0 heterocycles. The zero-order valence-electron chi connectivity index (χ0n) is 29.7. The number of phenolic OH excluding ortho intramolecular Hbond substituents is 1. The van der Waals surface area contributed by atoms with E-state index in [1.54, 1.807) is 0 Å². The van der Waals surface area contributed by atoms with Gasteiger partial charge < -0.3 is 5.11 Å². The van der Waals surface area contributed by atoms with E-state index in [-0.39, 0.29) is 5.56 Å². The molecule has 0 radical (unpaired) electrons. The normalized spacial score (nSPS) is 12.1. The molecule has 0 aliphatic heterocycles. The van der Waals surface area contributed by atoms with Crippen molar-refractivity contribution in [1.29, 1.82) is 0 Å². The lowest BCUT2D eigenvalue weighted by atomic mass is 9.79. The number of hydrogen-bond donors (Lipinski definition) is 3. The molecule has 0 aliphatic carbocycles. The van der Waals surface area contributed by atoms with Crippen molar-refractivity contribution in [3.8, 4) is 5.75 Å². The minimum atomic E-state index is -5.03. The summed E-state index contributed by atoms with van der Waals surface area (Å²) in [6.45, 7) is 16.4. The van der Waals surface area contributed by atoms with Gasteiger partial charge in [-0.2, -0.15) is 16.8 Å². The van der Waals surface area contributed by atoms with Gasteiger partial charge in [0.1, 0.15) is 10.6 Å². The van der Waals surface area contributed by atoms with Crippen molar-refractivity contribution < 1.29 is 31.0 Å². The standard InChI is InChI=1S/C41H44O7S2/c1-23-13-25(3)35(26(4)14-23)19-31-9-11-33(29(7)17-31)41(37-21-38(42)40(50(46,47)48)22-39(37)49(43,44)45)34-12-10-32(18-30(34)8)20-36-27(5)15-24(2)16-28(36)6/h9-18,21-22,41-42H,19-20H2,1-8H3,(H,43,44,45)(H,46,47,48). The van der Waals surface area contributed by atoms with Gasteiger partial charge in [0.05, 0.1) is 4.90 Å². The van der Waals surface area contributed by atoms with Crippen molar-refractivity contribution in [3.63, 3.8) is 0 Å². The largest absolute Gasteiger partial charge is 0.506 e. The molecule has 3 N–H and O–H groups in total. The van der Waals surface area contributed by atoms with E-state index in [1.807, 2.05) is 50.2 Å². The molecule has 0 bridgehead atoms. The Hall–Kier alpha value is -4.28. The lowest BCUT2D eigenvalue weighted by molar-refractivity contribution is 0.440. The van der Waals surface area contributed by atoms with Gasteiger partial charge in [0.2, 0.25) is 0 Å². The number of aryl methyl sites for hydroxylation is 8. The molecule has 5 rings (SSSR count). The van der Waals surface area contributed by atoms with Crippen LogP contribution in [0.15, 0.2) is 82.6 Å². The fourth-order valence-electron chi connectivity index (χ4n) is 7.45. The Morgan fingerprint density at radius 3 is 1.20 bits per heavy atom. The van der Waals surface area contributed by atoms with E-state index < -0.39 is 41.7 Å². The zero-order chi connectivity index (χ0) is 36.9. The highest BCUT2D eigenvalue weighted by Gasteiger charge is 2.31. The van der Waals surface area contributed by atoms with E-state index in [1.165, 1.54) is 44.5 Å². The van der Waals surface area contributed by atoms with Crippen LogP contribution in [-0.4, -0.2) is 31.0 Å². The zero-order valence-corrected chi connectivity index (χ0v) is 31.3. The van der Waals surface area contributed by atoms with Crippen LogP contribution in [0, 0.1) is 55.4 Å². The van der Waals surface area contributed by atoms with Gasteiger partial charge in [0, 0.05) is 5.92 Å². The van der Waals surface area contributed by atoms with Crippen LogP contribution in [0.1, 0.15) is 89.4 Å². The number of benzene rings is 5. The molecule has 9 heteroatoms. The van der Waals surface area contributed by atoms with Crippen LogP contribution in [0.5, 0.6) is 5.75 Å². The highest BCUT2D eigenvalue weighted by atomic mass is 32.2. The first-order valence-electron chi connectivity index (χ1n) is 16.4. The first-order valence-corrected chi connectivity index (χ1v) is 19.3. The van der Waals surface area contributed by atoms with Crippen molar-refractivity contribution in [2.75, 3.05) is 0 Å². The van der Waals surface area contributed by atoms with Gasteiger partial charge in [-0.25, -0.2) is 0 Å². The maximum atomic E-state index is 12.9. The second kappa shape index (κ2) is 13.8. The van der Waals surface area contributed by atoms with E-state index in [9.17, 15) is 31.0 Å². The summed E-state index contributed by atoms with van der Waals surface area (Å²) >= 11 is 0. The SMILES string of the molecule is Cc1cc(C)c(Cc2ccc(C(c3ccc(Cc4c(C)cc(C)cc4C)cc3C)c3cc(O)c(S(=O)(=O)O)cc3S(=O)(=O)O)c(C)c2)c(C)c1. The summed E-state index contributed by atoms with van der Waals surface area (Å²) in [5.74, 6) is -1.68. The molecular formula is C41H44O7S2. The summed E-state index contributed by atoms with van der Waals surface area (Å²) in [6.07, 6.45) is 1.38. The predicted molar refractivity (Wildman–Crippen MR) is 198 cm³/mol. The summed E-state index contributed by atoms with van der Waals surface area (Å²) in [7, 11) is -10.1. The highest BCUT2D eigenvalue weighted by molar-refractivity contribution is 7.86. The van der Waals surface area contributed by atoms with Gasteiger partial charge in [-0.3, -0.25) is 9.11 Å². The van der Waals surface area contributed by atoms with Crippen molar-refractivity contribution in [2.24, 2.45) is 0 Å². The van der Waals surface area contributed by atoms with Gasteiger partial charge in [0.25, 0.3) is 20.2 Å². The lowest BCUT2D eigenvalue weighted by Crippen LogP contribution is -2.14. The topological polar surface area (TPSA) is 129 Å². The minimum Gasteiger partial charge on any atom is -0.506 e. The maximum Gasteiger partial charge on any atom is 0.298 e. The summed E-state index contributed by atoms with van der Waals surface area (Å²) in [4.78, 5) is -1.74. The average Bonchev–Trinajstić information content (AvgIpc) is 2.97. The molecule has 0 aliphatic rings. The van der Waals surface area contributed by atoms with Crippen LogP contribution >= 0.6 is 0 Å². The van der Waals surface area contributed by atoms with Crippen molar-refractivity contribution in [1.82, 2.24) is 0 Å². The first-order chi connectivity index (χ1) is 23.2. The quantitative estimate of drug-likeness (QED) is 0.103. The Kier molecular flexibility index (Phi) is 10.2. The van der Waals surface area contributed by atoms with Crippen LogP contribution in [-0.2, 0) is 33.1 Å². The second-order valence-corrected chi connectivity index (χ2v) is 16.5. The van der Waals surface area contributed by atoms with Gasteiger partial charge >= 0.3 is 0 Å². The average molecular weight is 713 g/mol. The van der Waals surface area contributed by atoms with Gasteiger partial charge in [-0.05, 0) is 153 Å². The predicted octanol–water partition coefficient (Wildman–Crippen LogP) is 8.71. The fourth-order valence-corrected chi connectivity index (χ4v) is 8.86. The molecule has 0 fully saturated rings. The Morgan fingerprint density at radius 2 is 0.860 bits per heavy atom. The minimum absolute atomic E-state index is 0.0282. The maximum absolute atomic E-state index is 12.9. The van der Waals surface area contributed by atoms with E-state index in [4.69, 9.17) is 0 Å². The van der Waals surface area contributed by atoms with Crippen LogP contribution in [0.25, 0.3) is 0 Å². The third kappa shape index (κ3) is 7.71. The molecule has 0 atom stereocenters. The van der Waals surface area contributed by atoms with E-state index in [0.29, 0.717) is 30.0 Å². The van der Waals surface area contributed by atoms with Crippen molar-refractivity contribution in [2.45, 2.75) is 83.9 Å². The summed E-state index contributed by atoms with van der Waals surface area (Å²) in [6, 6.07) is 22.2. The van der Waals surface area contributed by atoms with E-state index >= 15 is 0 Å². The molecule has 0 amide bonds. The molecule has 50 heavy (non-hydrogen) atoms. The third-order valence-electron chi connectivity index (χ3n) is 9.69. The molecule has 262 valence electrons. The summed E-state index contributed by atoms with van der Waals surface area (Å²) < 4.78 is 70.1. The monoisotopic (exact) mass is 712 g/mol. The highest BCUT2D eigenvalue weighted by Crippen LogP contribution is 2.42. The van der Waals surface area contributed by atoms with Gasteiger partial charge in [-0.15, -0.1) is 0 Å². The number of aromatic hydroxyl groups is 1. The molecule has 0 saturated heterocycles. The Balaban J connectivity index is 1.71. The Morgan fingerprint density at radius 1 is 0.480 bits per heavy atom. The molecule has 5 aromatic carbocycles. The molecule has 0 aromatic heterocycles. The molecule has 0 spiro atoms. The summed E-state index contributed by atoms with van der Waals surface area (Å²) in [5, 5.41) is 10.8. The Bertz CT molecular complexity index is 2220. The lowest BCUT2D eigenvalue weighted by Gasteiger charge is -2.26. The summed E-state index contributed by atoms with van der Waals surface area (Å²) in [5.41, 5.74) is 14.8. The molecule has 7 nitrogen and oxygen atoms in total. The Labute approximate surface area is 296 Å². The fraction of sp³-hybridized carbons (Fsp3) is 0.268. The third-order valence-corrected chi connectivity index (χ3v) is 11.5. The smallest absolute Gasteiger partial charge is 0.298 e. The molecule has 0 unspecified atom stereocenters. The van der Waals surface area contributed by atoms with Crippen molar-refractivity contribution in [3.05, 3.63) is 156 Å². The number of hydrogen-bond acceptors (Lipinski definition) is 5. The number of rotatable bonds is 9. The van der Waals surface area contributed by atoms with E-state index in [2.05, 4.69) is 65.8 Å².